The van der Waals surface area contributed by atoms with Crippen LogP contribution in [0.2, 0.25) is 0 Å². The summed E-state index contributed by atoms with van der Waals surface area (Å²) >= 11 is 0. The van der Waals surface area contributed by atoms with E-state index in [0.29, 0.717) is 6.61 Å². The number of nitrogens with one attached hydrogen (secondary N) is 1. The molecule has 0 saturated carbocycles. The van der Waals surface area contributed by atoms with Crippen molar-refractivity contribution in [1.82, 2.24) is 5.32 Å². The highest BCUT2D eigenvalue weighted by Gasteiger charge is 2.38. The SMILES string of the molecule is COc1ccc([C@H]2NC(=O)OCC2(C)C)c(C)c1. The first-order chi connectivity index (χ1) is 8.44. The summed E-state index contributed by atoms with van der Waals surface area (Å²) in [5, 5.41) is 2.90. The Morgan fingerprint density at radius 2 is 2.17 bits per heavy atom. The number of carbonyl (C=O) groups is 1. The molecule has 98 valence electrons. The molecule has 1 fully saturated rings. The van der Waals surface area contributed by atoms with Gasteiger partial charge in [0.05, 0.1) is 13.2 Å². The summed E-state index contributed by atoms with van der Waals surface area (Å²) in [5.74, 6) is 0.826. The average Bonchev–Trinajstić information content (AvgIpc) is 2.32. The van der Waals surface area contributed by atoms with Gasteiger partial charge in [-0.15, -0.1) is 0 Å². The van der Waals surface area contributed by atoms with Crippen LogP contribution >= 0.6 is 0 Å². The van der Waals surface area contributed by atoms with Crippen LogP contribution in [0.4, 0.5) is 4.79 Å². The van der Waals surface area contributed by atoms with E-state index < -0.39 is 0 Å². The zero-order valence-corrected chi connectivity index (χ0v) is 11.2. The van der Waals surface area contributed by atoms with Crippen LogP contribution in [-0.2, 0) is 4.74 Å². The Morgan fingerprint density at radius 3 is 2.78 bits per heavy atom. The Hall–Kier alpha value is -1.71. The van der Waals surface area contributed by atoms with E-state index >= 15 is 0 Å². The van der Waals surface area contributed by atoms with Gasteiger partial charge in [0.25, 0.3) is 0 Å². The Kier molecular flexibility index (Phi) is 3.20. The molecule has 2 rings (SSSR count). The first-order valence-corrected chi connectivity index (χ1v) is 6.02. The number of ether oxygens (including phenoxy) is 2. The molecule has 4 nitrogen and oxygen atoms in total. The van der Waals surface area contributed by atoms with Crippen molar-refractivity contribution in [2.75, 3.05) is 13.7 Å². The molecule has 1 heterocycles. The number of carbonyl (C=O) groups excluding carboxylic acids is 1. The van der Waals surface area contributed by atoms with E-state index in [0.717, 1.165) is 16.9 Å². The van der Waals surface area contributed by atoms with Crippen molar-refractivity contribution in [2.24, 2.45) is 5.41 Å². The summed E-state index contributed by atoms with van der Waals surface area (Å²) in [6.07, 6.45) is -0.352. The molecule has 1 aromatic rings. The van der Waals surface area contributed by atoms with Crippen LogP contribution in [0.3, 0.4) is 0 Å². The van der Waals surface area contributed by atoms with Gasteiger partial charge in [0.2, 0.25) is 0 Å². The fourth-order valence-electron chi connectivity index (χ4n) is 2.29. The quantitative estimate of drug-likeness (QED) is 0.876. The Labute approximate surface area is 107 Å². The lowest BCUT2D eigenvalue weighted by molar-refractivity contribution is 0.0385. The molecule has 1 aliphatic heterocycles. The first-order valence-electron chi connectivity index (χ1n) is 6.02. The zero-order chi connectivity index (χ0) is 13.3. The molecule has 1 N–H and O–H groups in total. The van der Waals surface area contributed by atoms with Crippen molar-refractivity contribution in [3.63, 3.8) is 0 Å². The van der Waals surface area contributed by atoms with Crippen LogP contribution in [0.5, 0.6) is 5.75 Å². The molecule has 0 bridgehead atoms. The highest BCUT2D eigenvalue weighted by molar-refractivity contribution is 5.69. The number of methoxy groups -OCH3 is 1. The lowest BCUT2D eigenvalue weighted by Crippen LogP contribution is -2.47. The maximum atomic E-state index is 11.4. The highest BCUT2D eigenvalue weighted by Crippen LogP contribution is 2.38. The molecule has 1 amide bonds. The van der Waals surface area contributed by atoms with Gasteiger partial charge < -0.3 is 14.8 Å². The number of cyclic esters (lactones) is 1. The van der Waals surface area contributed by atoms with E-state index in [4.69, 9.17) is 9.47 Å². The van der Waals surface area contributed by atoms with Crippen LogP contribution in [0.1, 0.15) is 31.0 Å². The molecule has 4 heteroatoms. The van der Waals surface area contributed by atoms with Gasteiger partial charge in [0, 0.05) is 5.41 Å². The van der Waals surface area contributed by atoms with Crippen LogP contribution < -0.4 is 10.1 Å². The maximum absolute atomic E-state index is 11.4. The van der Waals surface area contributed by atoms with Gasteiger partial charge in [-0.3, -0.25) is 0 Å². The molecule has 0 aliphatic carbocycles. The third kappa shape index (κ3) is 2.28. The van der Waals surface area contributed by atoms with E-state index in [1.165, 1.54) is 0 Å². The molecular weight excluding hydrogens is 230 g/mol. The Balaban J connectivity index is 2.37. The van der Waals surface area contributed by atoms with Crippen LogP contribution in [0.15, 0.2) is 18.2 Å². The van der Waals surface area contributed by atoms with Gasteiger partial charge in [0.1, 0.15) is 12.4 Å². The van der Waals surface area contributed by atoms with Crippen molar-refractivity contribution < 1.29 is 14.3 Å². The second-order valence-electron chi connectivity index (χ2n) is 5.36. The normalized spacial score (nSPS) is 22.0. The van der Waals surface area contributed by atoms with E-state index in [1.54, 1.807) is 7.11 Å². The summed E-state index contributed by atoms with van der Waals surface area (Å²) in [6.45, 7) is 6.62. The summed E-state index contributed by atoms with van der Waals surface area (Å²) in [5.41, 5.74) is 2.08. The van der Waals surface area contributed by atoms with Crippen molar-refractivity contribution in [3.05, 3.63) is 29.3 Å². The molecule has 1 aliphatic rings. The van der Waals surface area contributed by atoms with E-state index in [9.17, 15) is 4.79 Å². The standard InChI is InChI=1S/C14H19NO3/c1-9-7-10(17-4)5-6-11(9)12-14(2,3)8-18-13(16)15-12/h5-7,12H,8H2,1-4H3,(H,15,16)/t12-/m1/s1. The summed E-state index contributed by atoms with van der Waals surface area (Å²) in [6, 6.07) is 5.86. The Bertz CT molecular complexity index is 468. The van der Waals surface area contributed by atoms with E-state index in [2.05, 4.69) is 19.2 Å². The molecule has 1 atom stereocenters. The molecule has 1 aromatic carbocycles. The summed E-state index contributed by atoms with van der Waals surface area (Å²) in [7, 11) is 1.65. The molecule has 0 spiro atoms. The van der Waals surface area contributed by atoms with Crippen LogP contribution in [-0.4, -0.2) is 19.8 Å². The topological polar surface area (TPSA) is 47.6 Å². The maximum Gasteiger partial charge on any atom is 0.407 e. The van der Waals surface area contributed by atoms with Gasteiger partial charge in [-0.25, -0.2) is 4.79 Å². The number of amides is 1. The molecule has 0 radical (unpaired) electrons. The average molecular weight is 249 g/mol. The highest BCUT2D eigenvalue weighted by atomic mass is 16.6. The van der Waals surface area contributed by atoms with Crippen molar-refractivity contribution in [3.8, 4) is 5.75 Å². The third-order valence-corrected chi connectivity index (χ3v) is 3.41. The van der Waals surface area contributed by atoms with Gasteiger partial charge >= 0.3 is 6.09 Å². The van der Waals surface area contributed by atoms with E-state index in [1.807, 2.05) is 25.1 Å². The summed E-state index contributed by atoms with van der Waals surface area (Å²) < 4.78 is 10.3. The van der Waals surface area contributed by atoms with Crippen molar-refractivity contribution in [2.45, 2.75) is 26.8 Å². The van der Waals surface area contributed by atoms with E-state index in [-0.39, 0.29) is 17.6 Å². The first kappa shape index (κ1) is 12.7. The van der Waals surface area contributed by atoms with Gasteiger partial charge in [-0.2, -0.15) is 0 Å². The van der Waals surface area contributed by atoms with Gasteiger partial charge in [0.15, 0.2) is 0 Å². The number of rotatable bonds is 2. The predicted octanol–water partition coefficient (Wildman–Crippen LogP) is 2.81. The number of hydrogen-bond acceptors (Lipinski definition) is 3. The van der Waals surface area contributed by atoms with Crippen molar-refractivity contribution in [1.29, 1.82) is 0 Å². The van der Waals surface area contributed by atoms with Gasteiger partial charge in [-0.05, 0) is 30.2 Å². The van der Waals surface area contributed by atoms with Crippen LogP contribution in [0.25, 0.3) is 0 Å². The predicted molar refractivity (Wildman–Crippen MR) is 68.7 cm³/mol. The number of aryl methyl sites for hydroxylation is 1. The van der Waals surface area contributed by atoms with Gasteiger partial charge in [-0.1, -0.05) is 19.9 Å². The number of alkyl carbamates (subject to hydrolysis) is 1. The largest absolute Gasteiger partial charge is 0.497 e. The zero-order valence-electron chi connectivity index (χ0n) is 11.2. The fourth-order valence-corrected chi connectivity index (χ4v) is 2.29. The smallest absolute Gasteiger partial charge is 0.407 e. The lowest BCUT2D eigenvalue weighted by Gasteiger charge is -2.39. The molecule has 1 saturated heterocycles. The minimum Gasteiger partial charge on any atom is -0.497 e. The molecule has 18 heavy (non-hydrogen) atoms. The molecule has 0 unspecified atom stereocenters. The minimum absolute atomic E-state index is 0.0374. The van der Waals surface area contributed by atoms with Crippen LogP contribution in [0, 0.1) is 12.3 Å². The molecule has 0 aromatic heterocycles. The second-order valence-corrected chi connectivity index (χ2v) is 5.36. The Morgan fingerprint density at radius 1 is 1.44 bits per heavy atom. The molecular formula is C14H19NO3. The fraction of sp³-hybridized carbons (Fsp3) is 0.500. The minimum atomic E-state index is -0.352. The second kappa shape index (κ2) is 4.52. The summed E-state index contributed by atoms with van der Waals surface area (Å²) in [4.78, 5) is 11.4. The number of hydrogen-bond donors (Lipinski definition) is 1. The number of benzene rings is 1. The lowest BCUT2D eigenvalue weighted by atomic mass is 9.79. The third-order valence-electron chi connectivity index (χ3n) is 3.41. The monoisotopic (exact) mass is 249 g/mol. The van der Waals surface area contributed by atoms with Crippen molar-refractivity contribution >= 4 is 6.09 Å².